The molecule has 0 bridgehead atoms. The predicted octanol–water partition coefficient (Wildman–Crippen LogP) is 3.05. The van der Waals surface area contributed by atoms with Gasteiger partial charge in [0.1, 0.15) is 18.0 Å². The van der Waals surface area contributed by atoms with E-state index in [0.29, 0.717) is 18.0 Å². The van der Waals surface area contributed by atoms with Crippen molar-refractivity contribution in [3.8, 4) is 0 Å². The van der Waals surface area contributed by atoms with E-state index in [4.69, 9.17) is 4.84 Å². The van der Waals surface area contributed by atoms with Gasteiger partial charge < -0.3 is 4.84 Å². The van der Waals surface area contributed by atoms with E-state index in [1.807, 2.05) is 42.5 Å². The molecule has 0 amide bonds. The minimum Gasteiger partial charge on any atom is -0.395 e. The van der Waals surface area contributed by atoms with E-state index < -0.39 is 0 Å². The van der Waals surface area contributed by atoms with Gasteiger partial charge in [0, 0.05) is 11.8 Å². The summed E-state index contributed by atoms with van der Waals surface area (Å²) in [5.74, 6) is 0. The first kappa shape index (κ1) is 13.2. The second-order valence-electron chi connectivity index (χ2n) is 4.10. The van der Waals surface area contributed by atoms with Crippen molar-refractivity contribution in [2.45, 2.75) is 19.8 Å². The van der Waals surface area contributed by atoms with Gasteiger partial charge in [-0.3, -0.25) is 0 Å². The largest absolute Gasteiger partial charge is 0.395 e. The first-order valence-corrected chi connectivity index (χ1v) is 6.45. The van der Waals surface area contributed by atoms with Crippen LogP contribution in [0.3, 0.4) is 0 Å². The lowest BCUT2D eigenvalue weighted by atomic mass is 10.1. The quantitative estimate of drug-likeness (QED) is 0.453. The van der Waals surface area contributed by atoms with Crippen LogP contribution in [0.4, 0.5) is 0 Å². The van der Waals surface area contributed by atoms with Gasteiger partial charge in [-0.15, -0.1) is 5.10 Å². The zero-order valence-corrected chi connectivity index (χ0v) is 11.0. The van der Waals surface area contributed by atoms with E-state index in [2.05, 4.69) is 22.3 Å². The fourth-order valence-corrected chi connectivity index (χ4v) is 1.59. The van der Waals surface area contributed by atoms with E-state index in [0.717, 1.165) is 18.4 Å². The molecule has 19 heavy (non-hydrogen) atoms. The monoisotopic (exact) mass is 255 g/mol. The molecular weight excluding hydrogens is 238 g/mol. The zero-order valence-electron chi connectivity index (χ0n) is 11.0. The van der Waals surface area contributed by atoms with Gasteiger partial charge in [-0.05, 0) is 18.6 Å². The molecule has 0 aliphatic carbocycles. The summed E-state index contributed by atoms with van der Waals surface area (Å²) < 4.78 is 0. The highest BCUT2D eigenvalue weighted by atomic mass is 16.6. The van der Waals surface area contributed by atoms with Crippen LogP contribution in [0.25, 0.3) is 0 Å². The second kappa shape index (κ2) is 7.26. The summed E-state index contributed by atoms with van der Waals surface area (Å²) in [6, 6.07) is 13.6. The van der Waals surface area contributed by atoms with Crippen molar-refractivity contribution in [2.75, 3.05) is 6.61 Å². The summed E-state index contributed by atoms with van der Waals surface area (Å²) in [7, 11) is 0. The van der Waals surface area contributed by atoms with Crippen molar-refractivity contribution < 1.29 is 4.84 Å². The predicted molar refractivity (Wildman–Crippen MR) is 75.0 cm³/mol. The molecule has 0 spiro atoms. The van der Waals surface area contributed by atoms with Crippen LogP contribution >= 0.6 is 0 Å². The molecule has 1 heterocycles. The van der Waals surface area contributed by atoms with E-state index in [1.165, 1.54) is 0 Å². The highest BCUT2D eigenvalue weighted by Gasteiger charge is 2.09. The van der Waals surface area contributed by atoms with Gasteiger partial charge in [-0.25, -0.2) is 0 Å². The summed E-state index contributed by atoms with van der Waals surface area (Å²) in [6.45, 7) is 2.74. The molecule has 4 nitrogen and oxygen atoms in total. The number of benzene rings is 1. The van der Waals surface area contributed by atoms with Crippen molar-refractivity contribution in [3.05, 3.63) is 59.9 Å². The average Bonchev–Trinajstić information content (AvgIpc) is 2.49. The molecule has 4 heteroatoms. The van der Waals surface area contributed by atoms with Gasteiger partial charge in [-0.2, -0.15) is 5.10 Å². The van der Waals surface area contributed by atoms with E-state index >= 15 is 0 Å². The number of nitrogens with zero attached hydrogens (tertiary/aromatic N) is 3. The molecule has 0 saturated heterocycles. The Bertz CT molecular complexity index is 470. The molecule has 1 aromatic heterocycles. The van der Waals surface area contributed by atoms with Crippen LogP contribution < -0.4 is 0 Å². The zero-order chi connectivity index (χ0) is 13.3. The Hall–Kier alpha value is -2.23. The molecule has 2 rings (SSSR count). The van der Waals surface area contributed by atoms with Crippen LogP contribution in [0.1, 0.15) is 31.0 Å². The third-order valence-corrected chi connectivity index (χ3v) is 2.61. The molecule has 0 fully saturated rings. The van der Waals surface area contributed by atoms with Gasteiger partial charge in [0.05, 0.1) is 0 Å². The molecule has 0 atom stereocenters. The van der Waals surface area contributed by atoms with Gasteiger partial charge >= 0.3 is 0 Å². The van der Waals surface area contributed by atoms with Crippen LogP contribution in [0.2, 0.25) is 0 Å². The SMILES string of the molecule is CCCCO/N=C(/c1ccccc1)c1cccnn1. The molecule has 0 saturated carbocycles. The number of hydrogen-bond acceptors (Lipinski definition) is 4. The van der Waals surface area contributed by atoms with Crippen LogP contribution in [0.15, 0.2) is 53.8 Å². The summed E-state index contributed by atoms with van der Waals surface area (Å²) in [5, 5.41) is 12.2. The Morgan fingerprint density at radius 3 is 2.68 bits per heavy atom. The normalized spacial score (nSPS) is 11.3. The lowest BCUT2D eigenvalue weighted by Gasteiger charge is -2.05. The third-order valence-electron chi connectivity index (χ3n) is 2.61. The van der Waals surface area contributed by atoms with Gasteiger partial charge in [0.2, 0.25) is 0 Å². The molecule has 0 unspecified atom stereocenters. The summed E-state index contributed by atoms with van der Waals surface area (Å²) in [4.78, 5) is 5.37. The molecule has 0 aliphatic rings. The fraction of sp³-hybridized carbons (Fsp3) is 0.267. The van der Waals surface area contributed by atoms with Crippen LogP contribution in [0.5, 0.6) is 0 Å². The van der Waals surface area contributed by atoms with Crippen LogP contribution in [-0.2, 0) is 4.84 Å². The van der Waals surface area contributed by atoms with Gasteiger partial charge in [-0.1, -0.05) is 48.8 Å². The Kier molecular flexibility index (Phi) is 5.05. The Balaban J connectivity index is 2.24. The van der Waals surface area contributed by atoms with Crippen molar-refractivity contribution in [1.29, 1.82) is 0 Å². The first-order chi connectivity index (χ1) is 9.42. The molecule has 0 aliphatic heterocycles. The van der Waals surface area contributed by atoms with Crippen LogP contribution in [0, 0.1) is 0 Å². The maximum Gasteiger partial charge on any atom is 0.137 e. The number of oxime groups is 1. The molecule has 98 valence electrons. The number of rotatable bonds is 6. The van der Waals surface area contributed by atoms with Crippen molar-refractivity contribution in [3.63, 3.8) is 0 Å². The number of hydrogen-bond donors (Lipinski definition) is 0. The first-order valence-electron chi connectivity index (χ1n) is 6.45. The maximum absolute atomic E-state index is 5.37. The smallest absolute Gasteiger partial charge is 0.137 e. The molecular formula is C15H17N3O. The fourth-order valence-electron chi connectivity index (χ4n) is 1.59. The molecule has 2 aromatic rings. The van der Waals surface area contributed by atoms with Gasteiger partial charge in [0.15, 0.2) is 0 Å². The van der Waals surface area contributed by atoms with Crippen molar-refractivity contribution >= 4 is 5.71 Å². The number of aromatic nitrogens is 2. The Labute approximate surface area is 113 Å². The average molecular weight is 255 g/mol. The summed E-state index contributed by atoms with van der Waals surface area (Å²) >= 11 is 0. The topological polar surface area (TPSA) is 47.4 Å². The summed E-state index contributed by atoms with van der Waals surface area (Å²) in [6.07, 6.45) is 3.72. The van der Waals surface area contributed by atoms with Crippen molar-refractivity contribution in [2.24, 2.45) is 5.16 Å². The molecule has 0 N–H and O–H groups in total. The lowest BCUT2D eigenvalue weighted by molar-refractivity contribution is 0.141. The highest BCUT2D eigenvalue weighted by molar-refractivity contribution is 6.11. The van der Waals surface area contributed by atoms with E-state index in [1.54, 1.807) is 6.20 Å². The highest BCUT2D eigenvalue weighted by Crippen LogP contribution is 2.08. The molecule has 0 radical (unpaired) electrons. The van der Waals surface area contributed by atoms with Gasteiger partial charge in [0.25, 0.3) is 0 Å². The van der Waals surface area contributed by atoms with E-state index in [-0.39, 0.29) is 0 Å². The Morgan fingerprint density at radius 2 is 2.00 bits per heavy atom. The minimum absolute atomic E-state index is 0.618. The number of unbranched alkanes of at least 4 members (excludes halogenated alkanes) is 1. The van der Waals surface area contributed by atoms with E-state index in [9.17, 15) is 0 Å². The Morgan fingerprint density at radius 1 is 1.16 bits per heavy atom. The standard InChI is InChI=1S/C15H17N3O/c1-2-3-12-19-18-15(13-8-5-4-6-9-13)14-10-7-11-16-17-14/h4-11H,2-3,12H2,1H3/b18-15-. The lowest BCUT2D eigenvalue weighted by Crippen LogP contribution is -2.07. The second-order valence-corrected chi connectivity index (χ2v) is 4.10. The van der Waals surface area contributed by atoms with Crippen molar-refractivity contribution in [1.82, 2.24) is 10.2 Å². The summed E-state index contributed by atoms with van der Waals surface area (Å²) in [5.41, 5.74) is 2.40. The van der Waals surface area contributed by atoms with Crippen LogP contribution in [-0.4, -0.2) is 22.5 Å². The maximum atomic E-state index is 5.37. The minimum atomic E-state index is 0.618. The molecule has 1 aromatic carbocycles. The third kappa shape index (κ3) is 3.88.